The summed E-state index contributed by atoms with van der Waals surface area (Å²) in [5.41, 5.74) is 1.06. The van der Waals surface area contributed by atoms with Gasteiger partial charge in [0.25, 0.3) is 5.89 Å². The molecule has 2 aromatic rings. The molecule has 0 saturated heterocycles. The second-order valence-corrected chi connectivity index (χ2v) is 3.47. The summed E-state index contributed by atoms with van der Waals surface area (Å²) in [6.45, 7) is 0.199. The summed E-state index contributed by atoms with van der Waals surface area (Å²) in [6, 6.07) is 5.21. The fraction of sp³-hybridized carbons (Fsp3) is 0.200. The number of benzene rings is 1. The summed E-state index contributed by atoms with van der Waals surface area (Å²) in [6.07, 6.45) is 0. The van der Waals surface area contributed by atoms with Crippen molar-refractivity contribution >= 4 is 28.5 Å². The number of halogens is 1. The van der Waals surface area contributed by atoms with Crippen LogP contribution in [-0.2, 0) is 0 Å². The molecule has 0 bridgehead atoms. The number of rotatable bonds is 3. The fourth-order valence-corrected chi connectivity index (χ4v) is 1.48. The van der Waals surface area contributed by atoms with Crippen molar-refractivity contribution in [2.75, 3.05) is 13.6 Å². The van der Waals surface area contributed by atoms with Gasteiger partial charge in [-0.1, -0.05) is 17.7 Å². The van der Waals surface area contributed by atoms with Crippen molar-refractivity contribution < 1.29 is 9.21 Å². The van der Waals surface area contributed by atoms with Gasteiger partial charge in [0.2, 0.25) is 5.78 Å². The van der Waals surface area contributed by atoms with Crippen LogP contribution in [0.2, 0.25) is 5.02 Å². The van der Waals surface area contributed by atoms with E-state index in [0.717, 1.165) is 0 Å². The maximum atomic E-state index is 11.5. The third-order valence-corrected chi connectivity index (χ3v) is 2.24. The molecule has 0 aliphatic rings. The molecule has 0 atom stereocenters. The van der Waals surface area contributed by atoms with Crippen LogP contribution in [0.1, 0.15) is 10.7 Å². The average Bonchev–Trinajstić information content (AvgIpc) is 2.63. The van der Waals surface area contributed by atoms with E-state index in [-0.39, 0.29) is 18.2 Å². The van der Waals surface area contributed by atoms with Crippen LogP contribution in [-0.4, -0.2) is 24.4 Å². The largest absolute Gasteiger partial charge is 0.432 e. The third-order valence-electron chi connectivity index (χ3n) is 1.94. The monoisotopic (exact) mass is 224 g/mol. The normalized spacial score (nSPS) is 10.8. The van der Waals surface area contributed by atoms with Crippen molar-refractivity contribution in [3.05, 3.63) is 29.1 Å². The standard InChI is InChI=1S/C10H9ClN2O2/c1-12-5-8(14)10-13-7-4-2-3-6(11)9(7)15-10/h2-4,12H,5H2,1H3. The van der Waals surface area contributed by atoms with Crippen molar-refractivity contribution in [2.45, 2.75) is 0 Å². The maximum Gasteiger partial charge on any atom is 0.265 e. The summed E-state index contributed by atoms with van der Waals surface area (Å²) < 4.78 is 5.28. The third kappa shape index (κ3) is 1.86. The Bertz CT molecular complexity index is 507. The van der Waals surface area contributed by atoms with Crippen LogP contribution in [0.5, 0.6) is 0 Å². The Balaban J connectivity index is 2.47. The molecular formula is C10H9ClN2O2. The Labute approximate surface area is 91.2 Å². The first-order chi connectivity index (χ1) is 7.22. The molecule has 15 heavy (non-hydrogen) atoms. The van der Waals surface area contributed by atoms with Crippen molar-refractivity contribution in [3.8, 4) is 0 Å². The molecule has 5 heteroatoms. The summed E-state index contributed by atoms with van der Waals surface area (Å²) in [7, 11) is 1.69. The predicted molar refractivity (Wildman–Crippen MR) is 57.3 cm³/mol. The number of nitrogens with one attached hydrogen (secondary N) is 1. The first-order valence-electron chi connectivity index (χ1n) is 4.45. The number of carbonyl (C=O) groups is 1. The van der Waals surface area contributed by atoms with Gasteiger partial charge >= 0.3 is 0 Å². The molecule has 0 radical (unpaired) electrons. The predicted octanol–water partition coefficient (Wildman–Crippen LogP) is 1.88. The summed E-state index contributed by atoms with van der Waals surface area (Å²) >= 11 is 5.89. The molecule has 0 fully saturated rings. The number of para-hydroxylation sites is 1. The quantitative estimate of drug-likeness (QED) is 0.809. The van der Waals surface area contributed by atoms with E-state index in [9.17, 15) is 4.79 Å². The number of ketones is 1. The lowest BCUT2D eigenvalue weighted by Crippen LogP contribution is -2.18. The van der Waals surface area contributed by atoms with Crippen LogP contribution in [0.15, 0.2) is 22.6 Å². The molecule has 4 nitrogen and oxygen atoms in total. The number of Topliss-reactive ketones (excluding diaryl/α,β-unsaturated/α-hetero) is 1. The van der Waals surface area contributed by atoms with Gasteiger partial charge in [0, 0.05) is 0 Å². The van der Waals surface area contributed by atoms with E-state index in [0.29, 0.717) is 16.1 Å². The number of hydrogen-bond donors (Lipinski definition) is 1. The second-order valence-electron chi connectivity index (χ2n) is 3.06. The van der Waals surface area contributed by atoms with Crippen LogP contribution < -0.4 is 5.32 Å². The van der Waals surface area contributed by atoms with Crippen molar-refractivity contribution in [1.29, 1.82) is 0 Å². The topological polar surface area (TPSA) is 55.1 Å². The lowest BCUT2D eigenvalue weighted by atomic mass is 10.3. The first kappa shape index (κ1) is 10.1. The molecule has 0 spiro atoms. The van der Waals surface area contributed by atoms with Gasteiger partial charge in [0.05, 0.1) is 11.6 Å². The van der Waals surface area contributed by atoms with Crippen LogP contribution in [0.4, 0.5) is 0 Å². The first-order valence-corrected chi connectivity index (χ1v) is 4.83. The van der Waals surface area contributed by atoms with E-state index in [1.54, 1.807) is 25.2 Å². The number of likely N-dealkylation sites (N-methyl/N-ethyl adjacent to an activating group) is 1. The zero-order chi connectivity index (χ0) is 10.8. The number of fused-ring (bicyclic) bond motifs is 1. The molecule has 0 unspecified atom stereocenters. The molecule has 0 aliphatic heterocycles. The van der Waals surface area contributed by atoms with Crippen molar-refractivity contribution in [3.63, 3.8) is 0 Å². The maximum absolute atomic E-state index is 11.5. The lowest BCUT2D eigenvalue weighted by molar-refractivity contribution is 0.0962. The van der Waals surface area contributed by atoms with E-state index in [4.69, 9.17) is 16.0 Å². The Morgan fingerprint density at radius 1 is 1.60 bits per heavy atom. The Morgan fingerprint density at radius 3 is 3.07 bits per heavy atom. The van der Waals surface area contributed by atoms with Gasteiger partial charge in [0.1, 0.15) is 5.52 Å². The van der Waals surface area contributed by atoms with E-state index in [1.165, 1.54) is 0 Å². The molecule has 0 amide bonds. The molecule has 2 rings (SSSR count). The molecule has 0 saturated carbocycles. The highest BCUT2D eigenvalue weighted by Crippen LogP contribution is 2.23. The Kier molecular flexibility index (Phi) is 2.70. The molecule has 1 aromatic carbocycles. The highest BCUT2D eigenvalue weighted by atomic mass is 35.5. The van der Waals surface area contributed by atoms with E-state index in [2.05, 4.69) is 10.3 Å². The van der Waals surface area contributed by atoms with E-state index in [1.807, 2.05) is 0 Å². The highest BCUT2D eigenvalue weighted by molar-refractivity contribution is 6.34. The zero-order valence-corrected chi connectivity index (χ0v) is 8.84. The molecule has 1 heterocycles. The van der Waals surface area contributed by atoms with Gasteiger partial charge in [-0.05, 0) is 19.2 Å². The van der Waals surface area contributed by atoms with E-state index < -0.39 is 0 Å². The van der Waals surface area contributed by atoms with Crippen LogP contribution in [0.25, 0.3) is 11.1 Å². The van der Waals surface area contributed by atoms with Crippen LogP contribution >= 0.6 is 11.6 Å². The second kappa shape index (κ2) is 4.00. The minimum atomic E-state index is -0.190. The molecular weight excluding hydrogens is 216 g/mol. The van der Waals surface area contributed by atoms with Gasteiger partial charge in [0.15, 0.2) is 5.58 Å². The van der Waals surface area contributed by atoms with Gasteiger partial charge in [-0.15, -0.1) is 0 Å². The van der Waals surface area contributed by atoms with Crippen molar-refractivity contribution in [2.24, 2.45) is 0 Å². The Morgan fingerprint density at radius 2 is 2.40 bits per heavy atom. The summed E-state index contributed by atoms with van der Waals surface area (Å²) in [4.78, 5) is 15.5. The number of hydrogen-bond acceptors (Lipinski definition) is 4. The SMILES string of the molecule is CNCC(=O)c1nc2cccc(Cl)c2o1. The molecule has 78 valence electrons. The van der Waals surface area contributed by atoms with Crippen LogP contribution in [0.3, 0.4) is 0 Å². The minimum Gasteiger partial charge on any atom is -0.432 e. The number of aromatic nitrogens is 1. The number of carbonyl (C=O) groups excluding carboxylic acids is 1. The van der Waals surface area contributed by atoms with Gasteiger partial charge in [-0.2, -0.15) is 0 Å². The average molecular weight is 225 g/mol. The Hall–Kier alpha value is -1.39. The molecule has 1 aromatic heterocycles. The summed E-state index contributed by atoms with van der Waals surface area (Å²) in [5, 5.41) is 3.20. The van der Waals surface area contributed by atoms with Crippen LogP contribution in [0, 0.1) is 0 Å². The number of oxazole rings is 1. The molecule has 0 aliphatic carbocycles. The van der Waals surface area contributed by atoms with Gasteiger partial charge < -0.3 is 9.73 Å². The van der Waals surface area contributed by atoms with Crippen molar-refractivity contribution in [1.82, 2.24) is 10.3 Å². The van der Waals surface area contributed by atoms with Gasteiger partial charge in [-0.3, -0.25) is 4.79 Å². The number of nitrogens with zero attached hydrogens (tertiary/aromatic N) is 1. The zero-order valence-electron chi connectivity index (χ0n) is 8.08. The smallest absolute Gasteiger partial charge is 0.265 e. The van der Waals surface area contributed by atoms with Gasteiger partial charge in [-0.25, -0.2) is 4.98 Å². The van der Waals surface area contributed by atoms with E-state index >= 15 is 0 Å². The fourth-order valence-electron chi connectivity index (χ4n) is 1.27. The minimum absolute atomic E-state index is 0.0902. The molecule has 1 N–H and O–H groups in total. The highest BCUT2D eigenvalue weighted by Gasteiger charge is 2.14. The lowest BCUT2D eigenvalue weighted by Gasteiger charge is -1.91. The summed E-state index contributed by atoms with van der Waals surface area (Å²) in [5.74, 6) is -0.0998.